The standard InChI is InChI=1S/C21H28N4O3/c1-16-6-5-7-17(14-16)15-23-10-12-24(13-11-23)20(27)25-9-8-18(22-25)19(26)28-21(2,3)4/h5-9,14H,10-13,15H2,1-4H3. The SMILES string of the molecule is Cc1cccc(CN2CCN(C(=O)n3ccc(C(=O)OC(C)(C)C)n3)CC2)c1. The molecular formula is C21H28N4O3. The van der Waals surface area contributed by atoms with Gasteiger partial charge in [-0.05, 0) is 39.3 Å². The Hall–Kier alpha value is -2.67. The van der Waals surface area contributed by atoms with Crippen molar-refractivity contribution in [2.75, 3.05) is 26.2 Å². The van der Waals surface area contributed by atoms with Crippen LogP contribution in [0, 0.1) is 6.92 Å². The highest BCUT2D eigenvalue weighted by Gasteiger charge is 2.25. The third kappa shape index (κ3) is 5.19. The molecular weight excluding hydrogens is 356 g/mol. The Morgan fingerprint density at radius 2 is 1.82 bits per heavy atom. The zero-order valence-corrected chi connectivity index (χ0v) is 17.0. The van der Waals surface area contributed by atoms with Crippen LogP contribution in [-0.4, -0.2) is 63.4 Å². The van der Waals surface area contributed by atoms with E-state index in [0.29, 0.717) is 13.1 Å². The summed E-state index contributed by atoms with van der Waals surface area (Å²) < 4.78 is 6.51. The Balaban J connectivity index is 1.54. The van der Waals surface area contributed by atoms with Crippen LogP contribution in [0.3, 0.4) is 0 Å². The molecule has 1 amide bonds. The summed E-state index contributed by atoms with van der Waals surface area (Å²) >= 11 is 0. The van der Waals surface area contributed by atoms with E-state index in [1.807, 2.05) is 0 Å². The quantitative estimate of drug-likeness (QED) is 0.761. The molecule has 7 heteroatoms. The van der Waals surface area contributed by atoms with Gasteiger partial charge in [0.05, 0.1) is 0 Å². The van der Waals surface area contributed by atoms with Gasteiger partial charge < -0.3 is 9.64 Å². The van der Waals surface area contributed by atoms with Crippen molar-refractivity contribution in [3.63, 3.8) is 0 Å². The fraction of sp³-hybridized carbons (Fsp3) is 0.476. The Bertz CT molecular complexity index is 845. The maximum atomic E-state index is 12.7. The molecule has 0 saturated carbocycles. The first-order valence-corrected chi connectivity index (χ1v) is 9.57. The van der Waals surface area contributed by atoms with Gasteiger partial charge in [0.15, 0.2) is 5.69 Å². The van der Waals surface area contributed by atoms with Crippen LogP contribution >= 0.6 is 0 Å². The second-order valence-corrected chi connectivity index (χ2v) is 8.18. The predicted molar refractivity (Wildman–Crippen MR) is 106 cm³/mol. The lowest BCUT2D eigenvalue weighted by Gasteiger charge is -2.34. The van der Waals surface area contributed by atoms with Gasteiger partial charge in [-0.2, -0.15) is 9.78 Å². The van der Waals surface area contributed by atoms with E-state index in [1.54, 1.807) is 25.7 Å². The van der Waals surface area contributed by atoms with Gasteiger partial charge in [-0.1, -0.05) is 29.8 Å². The summed E-state index contributed by atoms with van der Waals surface area (Å²) in [6.45, 7) is 11.2. The Morgan fingerprint density at radius 3 is 2.46 bits per heavy atom. The second kappa shape index (κ2) is 8.14. The van der Waals surface area contributed by atoms with Crippen molar-refractivity contribution >= 4 is 12.0 Å². The van der Waals surface area contributed by atoms with Crippen molar-refractivity contribution in [2.45, 2.75) is 39.8 Å². The molecule has 2 aromatic rings. The molecule has 0 atom stereocenters. The Kier molecular flexibility index (Phi) is 5.84. The van der Waals surface area contributed by atoms with E-state index >= 15 is 0 Å². The summed E-state index contributed by atoms with van der Waals surface area (Å²) in [6.07, 6.45) is 1.51. The van der Waals surface area contributed by atoms with Crippen LogP contribution < -0.4 is 0 Å². The van der Waals surface area contributed by atoms with E-state index in [4.69, 9.17) is 4.74 Å². The van der Waals surface area contributed by atoms with Gasteiger partial charge in [-0.3, -0.25) is 4.90 Å². The van der Waals surface area contributed by atoms with Crippen LogP contribution in [-0.2, 0) is 11.3 Å². The average Bonchev–Trinajstić information content (AvgIpc) is 3.11. The Labute approximate surface area is 165 Å². The molecule has 0 N–H and O–H groups in total. The lowest BCUT2D eigenvalue weighted by Crippen LogP contribution is -2.49. The van der Waals surface area contributed by atoms with Crippen LogP contribution in [0.1, 0.15) is 42.4 Å². The van der Waals surface area contributed by atoms with Crippen molar-refractivity contribution in [3.8, 4) is 0 Å². The molecule has 1 aromatic heterocycles. The topological polar surface area (TPSA) is 67.7 Å². The molecule has 1 aromatic carbocycles. The largest absolute Gasteiger partial charge is 0.455 e. The first-order valence-electron chi connectivity index (χ1n) is 9.57. The monoisotopic (exact) mass is 384 g/mol. The normalized spacial score (nSPS) is 15.5. The first kappa shape index (κ1) is 20.1. The molecule has 0 aliphatic carbocycles. The Morgan fingerprint density at radius 1 is 1.11 bits per heavy atom. The number of esters is 1. The molecule has 0 spiro atoms. The average molecular weight is 384 g/mol. The van der Waals surface area contributed by atoms with Gasteiger partial charge in [0, 0.05) is 38.9 Å². The summed E-state index contributed by atoms with van der Waals surface area (Å²) in [5.74, 6) is -0.526. The van der Waals surface area contributed by atoms with E-state index in [-0.39, 0.29) is 11.7 Å². The van der Waals surface area contributed by atoms with Crippen LogP contribution in [0.25, 0.3) is 0 Å². The number of aromatic nitrogens is 2. The van der Waals surface area contributed by atoms with E-state index in [1.165, 1.54) is 28.1 Å². The summed E-state index contributed by atoms with van der Waals surface area (Å²) in [6, 6.07) is 9.79. The van der Waals surface area contributed by atoms with E-state index < -0.39 is 11.6 Å². The predicted octanol–water partition coefficient (Wildman–Crippen LogP) is 2.93. The van der Waals surface area contributed by atoms with Crippen molar-refractivity contribution < 1.29 is 14.3 Å². The second-order valence-electron chi connectivity index (χ2n) is 8.18. The summed E-state index contributed by atoms with van der Waals surface area (Å²) in [5, 5.41) is 4.10. The molecule has 2 heterocycles. The molecule has 28 heavy (non-hydrogen) atoms. The number of hydrogen-bond acceptors (Lipinski definition) is 5. The number of amides is 1. The molecule has 0 radical (unpaired) electrons. The van der Waals surface area contributed by atoms with Crippen LogP contribution in [0.15, 0.2) is 36.5 Å². The van der Waals surface area contributed by atoms with Gasteiger partial charge in [0.1, 0.15) is 5.60 Å². The number of piperazine rings is 1. The molecule has 1 aliphatic rings. The molecule has 1 saturated heterocycles. The lowest BCUT2D eigenvalue weighted by molar-refractivity contribution is 0.00623. The van der Waals surface area contributed by atoms with Crippen molar-refractivity contribution in [1.82, 2.24) is 19.6 Å². The van der Waals surface area contributed by atoms with E-state index in [0.717, 1.165) is 19.6 Å². The van der Waals surface area contributed by atoms with Crippen molar-refractivity contribution in [2.24, 2.45) is 0 Å². The smallest absolute Gasteiger partial charge is 0.359 e. The molecule has 150 valence electrons. The van der Waals surface area contributed by atoms with Crippen LogP contribution in [0.4, 0.5) is 4.79 Å². The summed E-state index contributed by atoms with van der Waals surface area (Å²) in [4.78, 5) is 28.9. The number of benzene rings is 1. The van der Waals surface area contributed by atoms with Crippen LogP contribution in [0.5, 0.6) is 0 Å². The highest BCUT2D eigenvalue weighted by Crippen LogP contribution is 2.13. The first-order chi connectivity index (χ1) is 13.2. The zero-order chi connectivity index (χ0) is 20.3. The lowest BCUT2D eigenvalue weighted by atomic mass is 10.1. The number of rotatable bonds is 3. The van der Waals surface area contributed by atoms with Crippen LogP contribution in [0.2, 0.25) is 0 Å². The number of carbonyl (C=O) groups excluding carboxylic acids is 2. The molecule has 1 aliphatic heterocycles. The maximum absolute atomic E-state index is 12.7. The third-order valence-corrected chi connectivity index (χ3v) is 4.52. The zero-order valence-electron chi connectivity index (χ0n) is 17.0. The maximum Gasteiger partial charge on any atom is 0.359 e. The van der Waals surface area contributed by atoms with Gasteiger partial charge in [-0.15, -0.1) is 0 Å². The van der Waals surface area contributed by atoms with E-state index in [2.05, 4.69) is 41.2 Å². The fourth-order valence-electron chi connectivity index (χ4n) is 3.18. The minimum Gasteiger partial charge on any atom is -0.455 e. The number of hydrogen-bond donors (Lipinski definition) is 0. The third-order valence-electron chi connectivity index (χ3n) is 4.52. The number of carbonyl (C=O) groups is 2. The van der Waals surface area contributed by atoms with Gasteiger partial charge in [0.2, 0.25) is 0 Å². The van der Waals surface area contributed by atoms with Gasteiger partial charge in [0.25, 0.3) is 0 Å². The van der Waals surface area contributed by atoms with E-state index in [9.17, 15) is 9.59 Å². The minimum absolute atomic E-state index is 0.140. The minimum atomic E-state index is -0.599. The van der Waals surface area contributed by atoms with Crippen molar-refractivity contribution in [3.05, 3.63) is 53.3 Å². The summed E-state index contributed by atoms with van der Waals surface area (Å²) in [5.41, 5.74) is 2.08. The molecule has 0 bridgehead atoms. The number of aryl methyl sites for hydroxylation is 1. The molecule has 7 nitrogen and oxygen atoms in total. The highest BCUT2D eigenvalue weighted by atomic mass is 16.6. The van der Waals surface area contributed by atoms with Crippen molar-refractivity contribution in [1.29, 1.82) is 0 Å². The molecule has 3 rings (SSSR count). The van der Waals surface area contributed by atoms with Gasteiger partial charge >= 0.3 is 12.0 Å². The summed E-state index contributed by atoms with van der Waals surface area (Å²) in [7, 11) is 0. The molecule has 1 fully saturated rings. The van der Waals surface area contributed by atoms with Gasteiger partial charge in [-0.25, -0.2) is 9.59 Å². The number of ether oxygens (including phenoxy) is 1. The fourth-order valence-corrected chi connectivity index (χ4v) is 3.18. The molecule has 0 unspecified atom stereocenters. The number of nitrogens with zero attached hydrogens (tertiary/aromatic N) is 4. The highest BCUT2D eigenvalue weighted by molar-refractivity contribution is 5.88.